The van der Waals surface area contributed by atoms with Crippen molar-refractivity contribution in [2.75, 3.05) is 26.2 Å². The summed E-state index contributed by atoms with van der Waals surface area (Å²) in [4.78, 5) is 2.40. The van der Waals surface area contributed by atoms with E-state index in [1.807, 2.05) is 0 Å². The second kappa shape index (κ2) is 6.88. The van der Waals surface area contributed by atoms with Gasteiger partial charge in [-0.2, -0.15) is 0 Å². The standard InChI is InChI=1S/C15H29NO2/c1-12-7-13(2)9-16(8-12)10-14(17)11-18-15-5-3-4-6-15/h12-15,17H,3-11H2,1-2H3/t12-,13-,14+/m1/s1. The van der Waals surface area contributed by atoms with Crippen molar-refractivity contribution in [3.8, 4) is 0 Å². The van der Waals surface area contributed by atoms with Crippen molar-refractivity contribution in [2.45, 2.75) is 58.2 Å². The van der Waals surface area contributed by atoms with Crippen LogP contribution in [0.15, 0.2) is 0 Å². The summed E-state index contributed by atoms with van der Waals surface area (Å²) >= 11 is 0. The summed E-state index contributed by atoms with van der Waals surface area (Å²) in [5.41, 5.74) is 0. The van der Waals surface area contributed by atoms with Crippen molar-refractivity contribution in [1.82, 2.24) is 4.90 Å². The summed E-state index contributed by atoms with van der Waals surface area (Å²) in [7, 11) is 0. The van der Waals surface area contributed by atoms with E-state index in [0.29, 0.717) is 12.7 Å². The van der Waals surface area contributed by atoms with E-state index in [-0.39, 0.29) is 6.10 Å². The molecule has 0 aromatic carbocycles. The molecule has 0 aromatic heterocycles. The zero-order chi connectivity index (χ0) is 13.0. The van der Waals surface area contributed by atoms with Gasteiger partial charge in [0.15, 0.2) is 0 Å². The smallest absolute Gasteiger partial charge is 0.0900 e. The highest BCUT2D eigenvalue weighted by atomic mass is 16.5. The molecule has 0 amide bonds. The molecule has 0 bridgehead atoms. The van der Waals surface area contributed by atoms with Crippen LogP contribution in [0.5, 0.6) is 0 Å². The van der Waals surface area contributed by atoms with Crippen LogP contribution in [0.1, 0.15) is 46.0 Å². The third-order valence-electron chi connectivity index (χ3n) is 4.24. The van der Waals surface area contributed by atoms with Gasteiger partial charge in [-0.15, -0.1) is 0 Å². The predicted molar refractivity (Wildman–Crippen MR) is 73.6 cm³/mol. The summed E-state index contributed by atoms with van der Waals surface area (Å²) in [6.07, 6.45) is 6.38. The van der Waals surface area contributed by atoms with Crippen molar-refractivity contribution in [3.63, 3.8) is 0 Å². The van der Waals surface area contributed by atoms with Crippen molar-refractivity contribution >= 4 is 0 Å². The number of likely N-dealkylation sites (tertiary alicyclic amines) is 1. The van der Waals surface area contributed by atoms with Crippen LogP contribution in [0.4, 0.5) is 0 Å². The molecular weight excluding hydrogens is 226 g/mol. The van der Waals surface area contributed by atoms with Crippen LogP contribution in [-0.4, -0.2) is 48.5 Å². The Morgan fingerprint density at radius 1 is 1.17 bits per heavy atom. The fourth-order valence-corrected chi connectivity index (χ4v) is 3.59. The van der Waals surface area contributed by atoms with Gasteiger partial charge in [-0.05, 0) is 31.1 Å². The Morgan fingerprint density at radius 3 is 2.39 bits per heavy atom. The second-order valence-corrected chi connectivity index (χ2v) is 6.56. The molecule has 18 heavy (non-hydrogen) atoms. The minimum atomic E-state index is -0.317. The fourth-order valence-electron chi connectivity index (χ4n) is 3.59. The number of ether oxygens (including phenoxy) is 1. The molecule has 1 N–H and O–H groups in total. The lowest BCUT2D eigenvalue weighted by Crippen LogP contribution is -2.43. The van der Waals surface area contributed by atoms with Crippen LogP contribution in [0.3, 0.4) is 0 Å². The van der Waals surface area contributed by atoms with Gasteiger partial charge in [0.1, 0.15) is 0 Å². The average Bonchev–Trinajstić information content (AvgIpc) is 2.77. The van der Waals surface area contributed by atoms with Crippen LogP contribution >= 0.6 is 0 Å². The Kier molecular flexibility index (Phi) is 5.46. The van der Waals surface area contributed by atoms with Gasteiger partial charge in [-0.25, -0.2) is 0 Å². The van der Waals surface area contributed by atoms with Gasteiger partial charge in [0, 0.05) is 19.6 Å². The molecule has 3 heteroatoms. The SMILES string of the molecule is C[C@@H]1C[C@@H](C)CN(C[C@H](O)COC2CCCC2)C1. The minimum Gasteiger partial charge on any atom is -0.389 e. The molecule has 2 fully saturated rings. The lowest BCUT2D eigenvalue weighted by Gasteiger charge is -2.36. The van der Waals surface area contributed by atoms with Crippen molar-refractivity contribution in [1.29, 1.82) is 0 Å². The molecule has 1 aliphatic carbocycles. The molecule has 3 atom stereocenters. The molecular formula is C15H29NO2. The maximum absolute atomic E-state index is 10.1. The number of aliphatic hydroxyl groups excluding tert-OH is 1. The van der Waals surface area contributed by atoms with Crippen LogP contribution in [-0.2, 0) is 4.74 Å². The van der Waals surface area contributed by atoms with E-state index in [4.69, 9.17) is 4.74 Å². The van der Waals surface area contributed by atoms with Gasteiger partial charge in [-0.3, -0.25) is 0 Å². The first kappa shape index (κ1) is 14.3. The van der Waals surface area contributed by atoms with Crippen LogP contribution < -0.4 is 0 Å². The van der Waals surface area contributed by atoms with Gasteiger partial charge in [0.25, 0.3) is 0 Å². The van der Waals surface area contributed by atoms with E-state index in [1.165, 1.54) is 32.1 Å². The number of β-amino-alcohol motifs (C(OH)–C–C–N with tert-alkyl or cyclic N) is 1. The molecule has 0 aromatic rings. The number of hydrogen-bond donors (Lipinski definition) is 1. The maximum atomic E-state index is 10.1. The van der Waals surface area contributed by atoms with E-state index in [9.17, 15) is 5.11 Å². The number of rotatable bonds is 5. The Morgan fingerprint density at radius 2 is 1.78 bits per heavy atom. The summed E-state index contributed by atoms with van der Waals surface area (Å²) in [5.74, 6) is 1.52. The molecule has 0 unspecified atom stereocenters. The normalized spacial score (nSPS) is 32.8. The first-order chi connectivity index (χ1) is 8.63. The molecule has 1 heterocycles. The van der Waals surface area contributed by atoms with Crippen LogP contribution in [0, 0.1) is 11.8 Å². The van der Waals surface area contributed by atoms with E-state index in [0.717, 1.165) is 31.5 Å². The van der Waals surface area contributed by atoms with Gasteiger partial charge < -0.3 is 14.7 Å². The Balaban J connectivity index is 1.64. The highest BCUT2D eigenvalue weighted by Gasteiger charge is 2.24. The minimum absolute atomic E-state index is 0.317. The van der Waals surface area contributed by atoms with Crippen LogP contribution in [0.2, 0.25) is 0 Å². The van der Waals surface area contributed by atoms with Crippen LogP contribution in [0.25, 0.3) is 0 Å². The highest BCUT2D eigenvalue weighted by molar-refractivity contribution is 4.77. The highest BCUT2D eigenvalue weighted by Crippen LogP contribution is 2.22. The molecule has 3 nitrogen and oxygen atoms in total. The van der Waals surface area contributed by atoms with Gasteiger partial charge in [0.05, 0.1) is 18.8 Å². The van der Waals surface area contributed by atoms with Gasteiger partial charge in [0.2, 0.25) is 0 Å². The number of nitrogens with zero attached hydrogens (tertiary/aromatic N) is 1. The Labute approximate surface area is 112 Å². The molecule has 0 spiro atoms. The second-order valence-electron chi connectivity index (χ2n) is 6.56. The van der Waals surface area contributed by atoms with Gasteiger partial charge >= 0.3 is 0 Å². The number of hydrogen-bond acceptors (Lipinski definition) is 3. The Bertz CT molecular complexity index is 231. The molecule has 1 saturated heterocycles. The average molecular weight is 255 g/mol. The van der Waals surface area contributed by atoms with Crippen molar-refractivity contribution in [3.05, 3.63) is 0 Å². The van der Waals surface area contributed by atoms with E-state index in [1.54, 1.807) is 0 Å². The van der Waals surface area contributed by atoms with E-state index < -0.39 is 0 Å². The third kappa shape index (κ3) is 4.52. The molecule has 2 rings (SSSR count). The molecule has 106 valence electrons. The van der Waals surface area contributed by atoms with E-state index >= 15 is 0 Å². The van der Waals surface area contributed by atoms with Crippen molar-refractivity contribution < 1.29 is 9.84 Å². The zero-order valence-electron chi connectivity index (χ0n) is 12.0. The van der Waals surface area contributed by atoms with Gasteiger partial charge in [-0.1, -0.05) is 26.7 Å². The summed E-state index contributed by atoms with van der Waals surface area (Å²) < 4.78 is 5.78. The summed E-state index contributed by atoms with van der Waals surface area (Å²) in [6.45, 7) is 8.18. The molecule has 2 aliphatic rings. The molecule has 1 aliphatic heterocycles. The third-order valence-corrected chi connectivity index (χ3v) is 4.24. The molecule has 1 saturated carbocycles. The van der Waals surface area contributed by atoms with Crippen molar-refractivity contribution in [2.24, 2.45) is 11.8 Å². The maximum Gasteiger partial charge on any atom is 0.0900 e. The topological polar surface area (TPSA) is 32.7 Å². The van der Waals surface area contributed by atoms with E-state index in [2.05, 4.69) is 18.7 Å². The largest absolute Gasteiger partial charge is 0.389 e. The molecule has 0 radical (unpaired) electrons. The Hall–Kier alpha value is -0.120. The fraction of sp³-hybridized carbons (Fsp3) is 1.00. The number of aliphatic hydroxyl groups is 1. The first-order valence-corrected chi connectivity index (χ1v) is 7.65. The lowest BCUT2D eigenvalue weighted by molar-refractivity contribution is -0.0250. The predicted octanol–water partition coefficient (Wildman–Crippen LogP) is 2.28. The zero-order valence-corrected chi connectivity index (χ0v) is 12.0. The first-order valence-electron chi connectivity index (χ1n) is 7.65. The lowest BCUT2D eigenvalue weighted by atomic mass is 9.92. The summed E-state index contributed by atoms with van der Waals surface area (Å²) in [5, 5.41) is 10.1. The quantitative estimate of drug-likeness (QED) is 0.818. The number of piperidine rings is 1. The monoisotopic (exact) mass is 255 g/mol. The summed E-state index contributed by atoms with van der Waals surface area (Å²) in [6, 6.07) is 0.